The molecule has 0 saturated carbocycles. The molecule has 1 aliphatic carbocycles. The van der Waals surface area contributed by atoms with Gasteiger partial charge in [-0.15, -0.1) is 0 Å². The summed E-state index contributed by atoms with van der Waals surface area (Å²) in [5.74, 6) is -0.114. The highest BCUT2D eigenvalue weighted by Gasteiger charge is 2.22. The molecule has 24 heavy (non-hydrogen) atoms. The first kappa shape index (κ1) is 16.1. The molecule has 124 valence electrons. The summed E-state index contributed by atoms with van der Waals surface area (Å²) in [6.45, 7) is 2.46. The van der Waals surface area contributed by atoms with E-state index in [4.69, 9.17) is 0 Å². The van der Waals surface area contributed by atoms with Gasteiger partial charge in [-0.1, -0.05) is 24.3 Å². The van der Waals surface area contributed by atoms with Crippen molar-refractivity contribution in [3.05, 3.63) is 65.2 Å². The molecule has 1 aliphatic rings. The highest BCUT2D eigenvalue weighted by Crippen LogP contribution is 2.21. The number of benzene rings is 2. The van der Waals surface area contributed by atoms with Crippen molar-refractivity contribution in [1.29, 1.82) is 0 Å². The summed E-state index contributed by atoms with van der Waals surface area (Å²) in [6, 6.07) is 15.0. The predicted molar refractivity (Wildman–Crippen MR) is 94.2 cm³/mol. The summed E-state index contributed by atoms with van der Waals surface area (Å²) in [5, 5.41) is 8.55. The van der Waals surface area contributed by atoms with E-state index in [1.807, 2.05) is 19.1 Å². The van der Waals surface area contributed by atoms with Crippen LogP contribution in [0.3, 0.4) is 0 Å². The van der Waals surface area contributed by atoms with Crippen molar-refractivity contribution in [2.75, 3.05) is 11.9 Å². The van der Waals surface area contributed by atoms with Gasteiger partial charge in [0.2, 0.25) is 0 Å². The van der Waals surface area contributed by atoms with Gasteiger partial charge in [-0.25, -0.2) is 4.79 Å². The third kappa shape index (κ3) is 3.74. The van der Waals surface area contributed by atoms with E-state index in [-0.39, 0.29) is 18.0 Å². The van der Waals surface area contributed by atoms with Gasteiger partial charge >= 0.3 is 6.03 Å². The molecule has 3 N–H and O–H groups in total. The summed E-state index contributed by atoms with van der Waals surface area (Å²) in [5.41, 5.74) is 3.84. The van der Waals surface area contributed by atoms with E-state index in [0.717, 1.165) is 12.8 Å². The molecule has 3 rings (SSSR count). The van der Waals surface area contributed by atoms with Crippen molar-refractivity contribution in [2.45, 2.75) is 25.8 Å². The van der Waals surface area contributed by atoms with E-state index < -0.39 is 0 Å². The van der Waals surface area contributed by atoms with Crippen molar-refractivity contribution >= 4 is 17.6 Å². The van der Waals surface area contributed by atoms with Crippen LogP contribution in [0.1, 0.15) is 28.4 Å². The largest absolute Gasteiger partial charge is 0.352 e. The molecule has 0 heterocycles. The van der Waals surface area contributed by atoms with Gasteiger partial charge in [0.05, 0.1) is 0 Å². The van der Waals surface area contributed by atoms with E-state index in [2.05, 4.69) is 28.1 Å². The van der Waals surface area contributed by atoms with Gasteiger partial charge < -0.3 is 16.0 Å². The quantitative estimate of drug-likeness (QED) is 0.809. The number of anilines is 1. The van der Waals surface area contributed by atoms with Crippen LogP contribution in [0.2, 0.25) is 0 Å². The number of rotatable bonds is 4. The second-order valence-corrected chi connectivity index (χ2v) is 5.91. The van der Waals surface area contributed by atoms with Crippen LogP contribution in [-0.2, 0) is 12.8 Å². The monoisotopic (exact) mass is 323 g/mol. The molecule has 0 radical (unpaired) electrons. The van der Waals surface area contributed by atoms with E-state index in [1.54, 1.807) is 24.3 Å². The molecule has 0 fully saturated rings. The minimum atomic E-state index is -0.224. The molecule has 0 aromatic heterocycles. The first-order valence-corrected chi connectivity index (χ1v) is 8.18. The molecule has 0 atom stereocenters. The highest BCUT2D eigenvalue weighted by molar-refractivity contribution is 5.95. The maximum Gasteiger partial charge on any atom is 0.319 e. The third-order valence-corrected chi connectivity index (χ3v) is 4.13. The van der Waals surface area contributed by atoms with Crippen LogP contribution in [-0.4, -0.2) is 24.5 Å². The summed E-state index contributed by atoms with van der Waals surface area (Å²) in [4.78, 5) is 23.8. The van der Waals surface area contributed by atoms with Crippen LogP contribution < -0.4 is 16.0 Å². The number of amides is 3. The molecule has 2 aromatic carbocycles. The lowest BCUT2D eigenvalue weighted by Crippen LogP contribution is -2.38. The Morgan fingerprint density at radius 1 is 1.00 bits per heavy atom. The Morgan fingerprint density at radius 2 is 1.62 bits per heavy atom. The fourth-order valence-electron chi connectivity index (χ4n) is 2.98. The molecular formula is C19H21N3O2. The lowest BCUT2D eigenvalue weighted by Gasteiger charge is -2.13. The summed E-state index contributed by atoms with van der Waals surface area (Å²) in [6.07, 6.45) is 1.72. The maximum atomic E-state index is 12.1. The summed E-state index contributed by atoms with van der Waals surface area (Å²) < 4.78 is 0. The topological polar surface area (TPSA) is 70.2 Å². The number of carbonyl (C=O) groups excluding carboxylic acids is 2. The molecule has 5 nitrogen and oxygen atoms in total. The molecule has 0 unspecified atom stereocenters. The van der Waals surface area contributed by atoms with Crippen LogP contribution in [0.25, 0.3) is 0 Å². The van der Waals surface area contributed by atoms with E-state index in [0.29, 0.717) is 17.8 Å². The number of hydrogen-bond acceptors (Lipinski definition) is 2. The first-order valence-electron chi connectivity index (χ1n) is 8.18. The molecule has 0 spiro atoms. The van der Waals surface area contributed by atoms with Crippen molar-refractivity contribution < 1.29 is 9.59 Å². The fraction of sp³-hybridized carbons (Fsp3) is 0.263. The van der Waals surface area contributed by atoms with Crippen molar-refractivity contribution in [3.63, 3.8) is 0 Å². The van der Waals surface area contributed by atoms with Gasteiger partial charge in [0.1, 0.15) is 0 Å². The Hall–Kier alpha value is -2.82. The Kier molecular flexibility index (Phi) is 4.79. The molecule has 0 aliphatic heterocycles. The number of urea groups is 1. The van der Waals surface area contributed by atoms with Gasteiger partial charge in [-0.05, 0) is 55.2 Å². The van der Waals surface area contributed by atoms with Gasteiger partial charge in [0.25, 0.3) is 5.91 Å². The molecule has 5 heteroatoms. The Labute approximate surface area is 141 Å². The van der Waals surface area contributed by atoms with Gasteiger partial charge in [-0.2, -0.15) is 0 Å². The first-order chi connectivity index (χ1) is 11.7. The van der Waals surface area contributed by atoms with Crippen molar-refractivity contribution in [3.8, 4) is 0 Å². The third-order valence-electron chi connectivity index (χ3n) is 4.13. The average molecular weight is 323 g/mol. The maximum absolute atomic E-state index is 12.1. The van der Waals surface area contributed by atoms with E-state index in [9.17, 15) is 9.59 Å². The second-order valence-electron chi connectivity index (χ2n) is 5.91. The van der Waals surface area contributed by atoms with E-state index >= 15 is 0 Å². The van der Waals surface area contributed by atoms with E-state index in [1.165, 1.54) is 11.1 Å². The van der Waals surface area contributed by atoms with Crippen LogP contribution in [0.5, 0.6) is 0 Å². The molecule has 3 amide bonds. The van der Waals surface area contributed by atoms with Crippen molar-refractivity contribution in [2.24, 2.45) is 0 Å². The van der Waals surface area contributed by atoms with Crippen molar-refractivity contribution in [1.82, 2.24) is 10.6 Å². The number of hydrogen-bond donors (Lipinski definition) is 3. The van der Waals surface area contributed by atoms with Crippen LogP contribution in [0.15, 0.2) is 48.5 Å². The zero-order valence-electron chi connectivity index (χ0n) is 13.6. The zero-order valence-corrected chi connectivity index (χ0v) is 13.6. The summed E-state index contributed by atoms with van der Waals surface area (Å²) >= 11 is 0. The van der Waals surface area contributed by atoms with Gasteiger partial charge in [-0.3, -0.25) is 4.79 Å². The smallest absolute Gasteiger partial charge is 0.319 e. The van der Waals surface area contributed by atoms with Gasteiger partial charge in [0.15, 0.2) is 0 Å². The average Bonchev–Trinajstić information content (AvgIpc) is 2.97. The SMILES string of the molecule is CCNC(=O)c1ccc(NC(=O)NC2Cc3ccccc3C2)cc1. The molecular weight excluding hydrogens is 302 g/mol. The number of carbonyl (C=O) groups is 2. The minimum absolute atomic E-state index is 0.114. The Morgan fingerprint density at radius 3 is 2.21 bits per heavy atom. The van der Waals surface area contributed by atoms with Crippen LogP contribution >= 0.6 is 0 Å². The lowest BCUT2D eigenvalue weighted by molar-refractivity contribution is 0.0956. The minimum Gasteiger partial charge on any atom is -0.352 e. The molecule has 0 bridgehead atoms. The zero-order chi connectivity index (χ0) is 16.9. The lowest BCUT2D eigenvalue weighted by atomic mass is 10.1. The second kappa shape index (κ2) is 7.17. The standard InChI is InChI=1S/C19H21N3O2/c1-2-20-18(23)13-7-9-16(10-8-13)21-19(24)22-17-11-14-5-3-4-6-15(14)12-17/h3-10,17H,2,11-12H2,1H3,(H,20,23)(H2,21,22,24). The highest BCUT2D eigenvalue weighted by atomic mass is 16.2. The van der Waals surface area contributed by atoms with Crippen LogP contribution in [0, 0.1) is 0 Å². The molecule has 0 saturated heterocycles. The Bertz CT molecular complexity index is 716. The fourth-order valence-corrected chi connectivity index (χ4v) is 2.98. The summed E-state index contributed by atoms with van der Waals surface area (Å²) in [7, 11) is 0. The van der Waals surface area contributed by atoms with Crippen LogP contribution in [0.4, 0.5) is 10.5 Å². The predicted octanol–water partition coefficient (Wildman–Crippen LogP) is 2.73. The number of nitrogens with one attached hydrogen (secondary N) is 3. The normalized spacial score (nSPS) is 13.2. The number of fused-ring (bicyclic) bond motifs is 1. The molecule has 2 aromatic rings. The van der Waals surface area contributed by atoms with Gasteiger partial charge in [0, 0.05) is 23.8 Å². The Balaban J connectivity index is 1.53.